The number of ether oxygens (including phenoxy) is 1. The second-order valence-electron chi connectivity index (χ2n) is 2.83. The molecule has 1 aromatic rings. The first-order chi connectivity index (χ1) is 8.04. The van der Waals surface area contributed by atoms with E-state index in [9.17, 15) is 30.7 Å². The van der Waals surface area contributed by atoms with Gasteiger partial charge in [0.15, 0.2) is 5.82 Å². The van der Waals surface area contributed by atoms with Gasteiger partial charge in [0.2, 0.25) is 0 Å². The van der Waals surface area contributed by atoms with Gasteiger partial charge in [-0.2, -0.15) is 23.4 Å². The lowest BCUT2D eigenvalue weighted by Gasteiger charge is -2.13. The van der Waals surface area contributed by atoms with Gasteiger partial charge in [-0.3, -0.25) is 0 Å². The van der Waals surface area contributed by atoms with Crippen LogP contribution in [-0.4, -0.2) is 11.3 Å². The van der Waals surface area contributed by atoms with E-state index in [1.165, 1.54) is 0 Å². The Kier molecular flexibility index (Phi) is 3.36. The number of rotatable bonds is 1. The van der Waals surface area contributed by atoms with Crippen LogP contribution in [0.25, 0.3) is 0 Å². The summed E-state index contributed by atoms with van der Waals surface area (Å²) in [6, 6.07) is 1.05. The maximum atomic E-state index is 13.1. The minimum Gasteiger partial charge on any atom is -0.385 e. The first-order valence-electron chi connectivity index (χ1n) is 3.98. The highest BCUT2D eigenvalue weighted by Gasteiger charge is 2.40. The van der Waals surface area contributed by atoms with Crippen molar-refractivity contribution in [1.29, 1.82) is 5.26 Å². The SMILES string of the molecule is N#Cc1cc(C(F)(F)F)c(F)c(OC(F)(F)F)n1. The second-order valence-corrected chi connectivity index (χ2v) is 2.83. The van der Waals surface area contributed by atoms with Crippen molar-refractivity contribution in [2.24, 2.45) is 0 Å². The lowest BCUT2D eigenvalue weighted by molar-refractivity contribution is -0.277. The van der Waals surface area contributed by atoms with E-state index in [0.717, 1.165) is 6.07 Å². The molecule has 0 aliphatic heterocycles. The van der Waals surface area contributed by atoms with Gasteiger partial charge < -0.3 is 4.74 Å². The van der Waals surface area contributed by atoms with Crippen LogP contribution in [0.1, 0.15) is 11.3 Å². The van der Waals surface area contributed by atoms with Crippen LogP contribution in [0.15, 0.2) is 6.07 Å². The van der Waals surface area contributed by atoms with E-state index >= 15 is 0 Å². The molecular formula is C8HF7N2O. The highest BCUT2D eigenvalue weighted by atomic mass is 19.4. The Balaban J connectivity index is 3.40. The van der Waals surface area contributed by atoms with E-state index in [-0.39, 0.29) is 6.07 Å². The number of halogens is 7. The maximum absolute atomic E-state index is 13.1. The molecule has 0 amide bonds. The zero-order chi connectivity index (χ0) is 14.1. The van der Waals surface area contributed by atoms with Gasteiger partial charge in [0.1, 0.15) is 11.8 Å². The molecule has 1 rings (SSSR count). The number of hydrogen-bond acceptors (Lipinski definition) is 3. The smallest absolute Gasteiger partial charge is 0.385 e. The molecule has 0 spiro atoms. The summed E-state index contributed by atoms with van der Waals surface area (Å²) in [5.74, 6) is -4.28. The summed E-state index contributed by atoms with van der Waals surface area (Å²) >= 11 is 0. The van der Waals surface area contributed by atoms with Gasteiger partial charge in [-0.1, -0.05) is 0 Å². The molecule has 0 aliphatic carbocycles. The van der Waals surface area contributed by atoms with E-state index in [1.54, 1.807) is 0 Å². The molecule has 0 fully saturated rings. The highest BCUT2D eigenvalue weighted by molar-refractivity contribution is 5.35. The van der Waals surface area contributed by atoms with Crippen molar-refractivity contribution in [2.75, 3.05) is 0 Å². The van der Waals surface area contributed by atoms with Crippen LogP contribution >= 0.6 is 0 Å². The Bertz CT molecular complexity index is 500. The summed E-state index contributed by atoms with van der Waals surface area (Å²) in [5, 5.41) is 8.30. The van der Waals surface area contributed by atoms with Gasteiger partial charge in [-0.15, -0.1) is 13.2 Å². The Morgan fingerprint density at radius 1 is 1.17 bits per heavy atom. The maximum Gasteiger partial charge on any atom is 0.574 e. The molecule has 0 radical (unpaired) electrons. The Labute approximate surface area is 94.4 Å². The van der Waals surface area contributed by atoms with Crippen molar-refractivity contribution in [3.8, 4) is 11.9 Å². The van der Waals surface area contributed by atoms with E-state index in [2.05, 4.69) is 9.72 Å². The summed E-state index contributed by atoms with van der Waals surface area (Å²) in [5.41, 5.74) is -3.11. The average Bonchev–Trinajstić information content (AvgIpc) is 2.17. The molecule has 10 heteroatoms. The van der Waals surface area contributed by atoms with Crippen molar-refractivity contribution in [3.05, 3.63) is 23.1 Å². The molecule has 0 aliphatic rings. The van der Waals surface area contributed by atoms with Gasteiger partial charge in [-0.05, 0) is 6.07 Å². The predicted molar refractivity (Wildman–Crippen MR) is 40.6 cm³/mol. The fraction of sp³-hybridized carbons (Fsp3) is 0.250. The number of nitriles is 1. The minimum atomic E-state index is -5.43. The van der Waals surface area contributed by atoms with Crippen LogP contribution in [-0.2, 0) is 6.18 Å². The molecule has 3 nitrogen and oxygen atoms in total. The zero-order valence-electron chi connectivity index (χ0n) is 8.03. The number of pyridine rings is 1. The zero-order valence-corrected chi connectivity index (χ0v) is 8.03. The van der Waals surface area contributed by atoms with Crippen LogP contribution in [0.2, 0.25) is 0 Å². The molecular weight excluding hydrogens is 273 g/mol. The molecule has 1 aromatic heterocycles. The Morgan fingerprint density at radius 3 is 2.11 bits per heavy atom. The standard InChI is InChI=1S/C8HF7N2O/c9-5-4(7(10,11)12)1-3(2-16)17-6(5)18-8(13,14)15/h1H. The topological polar surface area (TPSA) is 45.9 Å². The fourth-order valence-electron chi connectivity index (χ4n) is 0.947. The van der Waals surface area contributed by atoms with E-state index in [1.807, 2.05) is 0 Å². The lowest BCUT2D eigenvalue weighted by atomic mass is 10.2. The van der Waals surface area contributed by atoms with Gasteiger partial charge in [0.05, 0.1) is 5.56 Å². The fourth-order valence-corrected chi connectivity index (χ4v) is 0.947. The third kappa shape index (κ3) is 3.22. The minimum absolute atomic E-state index is 0.0153. The van der Waals surface area contributed by atoms with Gasteiger partial charge in [0.25, 0.3) is 5.88 Å². The van der Waals surface area contributed by atoms with Crippen LogP contribution in [0.5, 0.6) is 5.88 Å². The molecule has 0 unspecified atom stereocenters. The Morgan fingerprint density at radius 2 is 1.72 bits per heavy atom. The van der Waals surface area contributed by atoms with Crippen molar-refractivity contribution >= 4 is 0 Å². The predicted octanol–water partition coefficient (Wildman–Crippen LogP) is 3.01. The third-order valence-corrected chi connectivity index (χ3v) is 1.56. The molecule has 0 N–H and O–H groups in total. The first-order valence-corrected chi connectivity index (χ1v) is 3.98. The molecule has 0 saturated carbocycles. The van der Waals surface area contributed by atoms with Crippen LogP contribution in [0, 0.1) is 17.1 Å². The Hall–Kier alpha value is -2.05. The van der Waals surface area contributed by atoms with E-state index < -0.39 is 35.5 Å². The van der Waals surface area contributed by atoms with Gasteiger partial charge in [0, 0.05) is 0 Å². The van der Waals surface area contributed by atoms with Crippen LogP contribution in [0.4, 0.5) is 30.7 Å². The van der Waals surface area contributed by atoms with E-state index in [0.29, 0.717) is 0 Å². The summed E-state index contributed by atoms with van der Waals surface area (Å²) < 4.78 is 88.2. The number of nitrogens with zero attached hydrogens (tertiary/aromatic N) is 2. The van der Waals surface area contributed by atoms with Gasteiger partial charge in [-0.25, -0.2) is 4.39 Å². The third-order valence-electron chi connectivity index (χ3n) is 1.56. The molecule has 18 heavy (non-hydrogen) atoms. The van der Waals surface area contributed by atoms with E-state index in [4.69, 9.17) is 5.26 Å². The van der Waals surface area contributed by atoms with Crippen molar-refractivity contribution in [3.63, 3.8) is 0 Å². The average molecular weight is 274 g/mol. The summed E-state index contributed by atoms with van der Waals surface area (Å²) in [6.45, 7) is 0. The number of alkyl halides is 6. The molecule has 0 atom stereocenters. The molecule has 98 valence electrons. The van der Waals surface area contributed by atoms with Crippen molar-refractivity contribution in [1.82, 2.24) is 4.98 Å². The molecule has 0 bridgehead atoms. The summed E-state index contributed by atoms with van der Waals surface area (Å²) in [4.78, 5) is 2.67. The molecule has 0 aromatic carbocycles. The second kappa shape index (κ2) is 4.32. The van der Waals surface area contributed by atoms with Crippen molar-refractivity contribution in [2.45, 2.75) is 12.5 Å². The normalized spacial score (nSPS) is 12.1. The largest absolute Gasteiger partial charge is 0.574 e. The van der Waals surface area contributed by atoms with Crippen molar-refractivity contribution < 1.29 is 35.5 Å². The summed E-state index contributed by atoms with van der Waals surface area (Å²) in [6.07, 6.45) is -10.7. The van der Waals surface area contributed by atoms with Crippen LogP contribution < -0.4 is 4.74 Å². The molecule has 1 heterocycles. The molecule has 0 saturated heterocycles. The first kappa shape index (κ1) is 14.0. The lowest BCUT2D eigenvalue weighted by Crippen LogP contribution is -2.21. The highest BCUT2D eigenvalue weighted by Crippen LogP contribution is 2.35. The monoisotopic (exact) mass is 274 g/mol. The number of hydrogen-bond donors (Lipinski definition) is 0. The summed E-state index contributed by atoms with van der Waals surface area (Å²) in [7, 11) is 0. The number of aromatic nitrogens is 1. The van der Waals surface area contributed by atoms with Gasteiger partial charge >= 0.3 is 12.5 Å². The van der Waals surface area contributed by atoms with Crippen LogP contribution in [0.3, 0.4) is 0 Å². The quantitative estimate of drug-likeness (QED) is 0.739.